The fraction of sp³-hybridized carbons (Fsp3) is 0.526. The molecule has 0 spiro atoms. The summed E-state index contributed by atoms with van der Waals surface area (Å²) >= 11 is 0. The quantitative estimate of drug-likeness (QED) is 0.665. The molecule has 1 aromatic carbocycles. The predicted molar refractivity (Wildman–Crippen MR) is 100 cm³/mol. The first-order valence-corrected chi connectivity index (χ1v) is 10.7. The van der Waals surface area contributed by atoms with Gasteiger partial charge in [-0.05, 0) is 31.9 Å². The molecule has 1 fully saturated rings. The van der Waals surface area contributed by atoms with Crippen LogP contribution in [0.1, 0.15) is 38.7 Å². The summed E-state index contributed by atoms with van der Waals surface area (Å²) in [6.45, 7) is 5.12. The summed E-state index contributed by atoms with van der Waals surface area (Å²) in [7, 11) is -3.02. The van der Waals surface area contributed by atoms with Gasteiger partial charge in [-0.3, -0.25) is 4.79 Å². The van der Waals surface area contributed by atoms with Crippen molar-refractivity contribution in [1.82, 2.24) is 4.90 Å². The van der Waals surface area contributed by atoms with Gasteiger partial charge in [0.15, 0.2) is 9.84 Å². The highest BCUT2D eigenvalue weighted by atomic mass is 32.2. The molecule has 6 heteroatoms. The Balaban J connectivity index is 2.14. The first kappa shape index (κ1) is 19.5. The number of carbonyl (C=O) groups is 1. The fourth-order valence-corrected chi connectivity index (χ4v) is 4.72. The highest BCUT2D eigenvalue weighted by Gasteiger charge is 2.33. The third-order valence-corrected chi connectivity index (χ3v) is 6.06. The Morgan fingerprint density at radius 1 is 1.32 bits per heavy atom. The normalized spacial score (nSPS) is 19.2. The van der Waals surface area contributed by atoms with Gasteiger partial charge < -0.3 is 9.64 Å². The van der Waals surface area contributed by atoms with Gasteiger partial charge in [-0.2, -0.15) is 0 Å². The van der Waals surface area contributed by atoms with Gasteiger partial charge in [0.05, 0.1) is 18.1 Å². The highest BCUT2D eigenvalue weighted by molar-refractivity contribution is 7.91. The van der Waals surface area contributed by atoms with Gasteiger partial charge in [0.25, 0.3) is 0 Å². The largest absolute Gasteiger partial charge is 0.493 e. The second kappa shape index (κ2) is 9.04. The Morgan fingerprint density at radius 3 is 2.72 bits per heavy atom. The van der Waals surface area contributed by atoms with Crippen LogP contribution >= 0.6 is 0 Å². The monoisotopic (exact) mass is 365 g/mol. The van der Waals surface area contributed by atoms with Crippen LogP contribution in [-0.4, -0.2) is 49.9 Å². The smallest absolute Gasteiger partial charge is 0.246 e. The van der Waals surface area contributed by atoms with Gasteiger partial charge in [-0.25, -0.2) is 8.42 Å². The number of benzene rings is 1. The van der Waals surface area contributed by atoms with Crippen molar-refractivity contribution in [3.8, 4) is 5.75 Å². The third-order valence-electron chi connectivity index (χ3n) is 4.31. The molecule has 0 saturated carbocycles. The average molecular weight is 365 g/mol. The maximum absolute atomic E-state index is 12.7. The van der Waals surface area contributed by atoms with E-state index in [9.17, 15) is 13.2 Å². The molecule has 5 nitrogen and oxygen atoms in total. The molecule has 1 atom stereocenters. The van der Waals surface area contributed by atoms with E-state index < -0.39 is 9.84 Å². The zero-order valence-electron chi connectivity index (χ0n) is 15.0. The lowest BCUT2D eigenvalue weighted by molar-refractivity contribution is -0.127. The van der Waals surface area contributed by atoms with Crippen LogP contribution in [0.5, 0.6) is 5.75 Å². The molecule has 1 saturated heterocycles. The van der Waals surface area contributed by atoms with E-state index in [0.29, 0.717) is 19.6 Å². The summed E-state index contributed by atoms with van der Waals surface area (Å²) in [6.07, 6.45) is 5.63. The summed E-state index contributed by atoms with van der Waals surface area (Å²) in [6, 6.07) is 7.33. The van der Waals surface area contributed by atoms with Crippen molar-refractivity contribution in [2.45, 2.75) is 39.2 Å². The number of hydrogen-bond acceptors (Lipinski definition) is 4. The van der Waals surface area contributed by atoms with Crippen molar-refractivity contribution >= 4 is 21.8 Å². The van der Waals surface area contributed by atoms with Crippen molar-refractivity contribution in [3.05, 3.63) is 35.9 Å². The maximum Gasteiger partial charge on any atom is 0.246 e. The Hall–Kier alpha value is -1.82. The number of amides is 1. The number of hydrogen-bond donors (Lipinski definition) is 0. The lowest BCUT2D eigenvalue weighted by atomic mass is 10.1. The van der Waals surface area contributed by atoms with Crippen LogP contribution in [-0.2, 0) is 14.6 Å². The Kier molecular flexibility index (Phi) is 7.05. The summed E-state index contributed by atoms with van der Waals surface area (Å²) in [5, 5.41) is 0. The molecule has 1 aromatic rings. The molecular weight excluding hydrogens is 338 g/mol. The lowest BCUT2D eigenvalue weighted by Gasteiger charge is -2.27. The molecule has 1 unspecified atom stereocenters. The van der Waals surface area contributed by atoms with Crippen molar-refractivity contribution in [2.75, 3.05) is 24.7 Å². The van der Waals surface area contributed by atoms with E-state index in [-0.39, 0.29) is 23.5 Å². The van der Waals surface area contributed by atoms with Crippen LogP contribution in [0.3, 0.4) is 0 Å². The first-order valence-electron chi connectivity index (χ1n) is 8.87. The van der Waals surface area contributed by atoms with E-state index in [1.54, 1.807) is 11.0 Å². The fourth-order valence-electron chi connectivity index (χ4n) is 2.98. The van der Waals surface area contributed by atoms with Crippen molar-refractivity contribution < 1.29 is 17.9 Å². The minimum atomic E-state index is -3.02. The SMILES string of the molecule is CCCCN(C(=O)/C=C/c1ccccc1OCC)C1CCS(=O)(=O)C1. The van der Waals surface area contributed by atoms with Gasteiger partial charge >= 0.3 is 0 Å². The number of rotatable bonds is 8. The minimum absolute atomic E-state index is 0.0752. The van der Waals surface area contributed by atoms with E-state index in [4.69, 9.17) is 4.74 Å². The van der Waals surface area contributed by atoms with E-state index in [0.717, 1.165) is 24.2 Å². The van der Waals surface area contributed by atoms with E-state index in [1.165, 1.54) is 6.08 Å². The predicted octanol–water partition coefficient (Wildman–Crippen LogP) is 2.91. The highest BCUT2D eigenvalue weighted by Crippen LogP contribution is 2.21. The summed E-state index contributed by atoms with van der Waals surface area (Å²) in [4.78, 5) is 14.4. The molecule has 0 aliphatic carbocycles. The number of ether oxygens (including phenoxy) is 1. The van der Waals surface area contributed by atoms with Crippen molar-refractivity contribution in [3.63, 3.8) is 0 Å². The molecule has 1 amide bonds. The van der Waals surface area contributed by atoms with Crippen molar-refractivity contribution in [2.24, 2.45) is 0 Å². The minimum Gasteiger partial charge on any atom is -0.493 e. The van der Waals surface area contributed by atoms with Gasteiger partial charge in [0.2, 0.25) is 5.91 Å². The van der Waals surface area contributed by atoms with Crippen LogP contribution in [0.2, 0.25) is 0 Å². The molecule has 0 radical (unpaired) electrons. The summed E-state index contributed by atoms with van der Waals surface area (Å²) in [5.41, 5.74) is 0.840. The number of nitrogens with zero attached hydrogens (tertiary/aromatic N) is 1. The van der Waals surface area contributed by atoms with Crippen LogP contribution < -0.4 is 4.74 Å². The Morgan fingerprint density at radius 2 is 2.08 bits per heavy atom. The van der Waals surface area contributed by atoms with Crippen LogP contribution in [0.25, 0.3) is 6.08 Å². The molecule has 25 heavy (non-hydrogen) atoms. The molecule has 0 aromatic heterocycles. The van der Waals surface area contributed by atoms with Gasteiger partial charge in [0.1, 0.15) is 5.75 Å². The van der Waals surface area contributed by atoms with Crippen LogP contribution in [0.15, 0.2) is 30.3 Å². The second-order valence-corrected chi connectivity index (χ2v) is 8.47. The molecule has 2 rings (SSSR count). The lowest BCUT2D eigenvalue weighted by Crippen LogP contribution is -2.40. The topological polar surface area (TPSA) is 63.7 Å². The zero-order valence-corrected chi connectivity index (χ0v) is 15.8. The van der Waals surface area contributed by atoms with Crippen LogP contribution in [0, 0.1) is 0 Å². The van der Waals surface area contributed by atoms with E-state index >= 15 is 0 Å². The second-order valence-electron chi connectivity index (χ2n) is 6.25. The molecule has 0 N–H and O–H groups in total. The standard InChI is InChI=1S/C19H27NO4S/c1-3-5-13-20(17-12-14-25(22,23)15-17)19(21)11-10-16-8-6-7-9-18(16)24-4-2/h6-11,17H,3-5,12-15H2,1-2H3/b11-10+. The molecule has 1 heterocycles. The van der Waals surface area contributed by atoms with Gasteiger partial charge in [0, 0.05) is 24.2 Å². The average Bonchev–Trinajstić information content (AvgIpc) is 2.94. The van der Waals surface area contributed by atoms with E-state index in [1.807, 2.05) is 31.2 Å². The number of para-hydroxylation sites is 1. The number of sulfone groups is 1. The summed E-state index contributed by atoms with van der Waals surface area (Å²) < 4.78 is 29.1. The number of unbranched alkanes of at least 4 members (excludes halogenated alkanes) is 1. The molecule has 1 aliphatic rings. The molecule has 0 bridgehead atoms. The Labute approximate surface area is 150 Å². The Bertz CT molecular complexity index is 712. The van der Waals surface area contributed by atoms with Gasteiger partial charge in [-0.1, -0.05) is 31.5 Å². The van der Waals surface area contributed by atoms with Crippen molar-refractivity contribution in [1.29, 1.82) is 0 Å². The third kappa shape index (κ3) is 5.59. The maximum atomic E-state index is 12.7. The van der Waals surface area contributed by atoms with Gasteiger partial charge in [-0.15, -0.1) is 0 Å². The van der Waals surface area contributed by atoms with Crippen LogP contribution in [0.4, 0.5) is 0 Å². The molecule has 138 valence electrons. The molecular formula is C19H27NO4S. The number of carbonyl (C=O) groups excluding carboxylic acids is 1. The molecule has 1 aliphatic heterocycles. The van der Waals surface area contributed by atoms with E-state index in [2.05, 4.69) is 6.92 Å². The zero-order chi connectivity index (χ0) is 18.3. The first-order chi connectivity index (χ1) is 12.0. The summed E-state index contributed by atoms with van der Waals surface area (Å²) in [5.74, 6) is 0.843.